The predicted molar refractivity (Wildman–Crippen MR) is 43.6 cm³/mol. The lowest BCUT2D eigenvalue weighted by molar-refractivity contribution is 0.160. The fourth-order valence-corrected chi connectivity index (χ4v) is 0.788. The normalized spacial score (nSPS) is 12.0. The molecule has 0 bridgehead atoms. The van der Waals surface area contributed by atoms with Gasteiger partial charge in [-0.25, -0.2) is 4.68 Å². The van der Waals surface area contributed by atoms with Crippen molar-refractivity contribution in [3.63, 3.8) is 0 Å². The van der Waals surface area contributed by atoms with Crippen molar-refractivity contribution in [1.29, 1.82) is 0 Å². The van der Waals surface area contributed by atoms with E-state index in [-0.39, 0.29) is 5.54 Å². The maximum atomic E-state index is 8.40. The summed E-state index contributed by atoms with van der Waals surface area (Å²) in [5.74, 6) is 0. The van der Waals surface area contributed by atoms with Crippen LogP contribution in [-0.4, -0.2) is 20.2 Å². The zero-order valence-corrected chi connectivity index (χ0v) is 7.57. The van der Waals surface area contributed by atoms with Crippen molar-refractivity contribution >= 4 is 0 Å². The largest absolute Gasteiger partial charge is 0.316 e. The zero-order valence-electron chi connectivity index (χ0n) is 7.57. The van der Waals surface area contributed by atoms with Crippen molar-refractivity contribution in [3.05, 3.63) is 11.9 Å². The van der Waals surface area contributed by atoms with Crippen molar-refractivity contribution in [1.82, 2.24) is 20.5 Å². The molecule has 2 N–H and O–H groups in total. The van der Waals surface area contributed by atoms with Crippen LogP contribution in [0, 0.1) is 0 Å². The van der Waals surface area contributed by atoms with Gasteiger partial charge in [0.05, 0.1) is 24.0 Å². The Bertz CT molecular complexity index is 250. The topological polar surface area (TPSA) is 63.0 Å². The molecule has 12 heavy (non-hydrogen) atoms. The number of aromatic nitrogens is 3. The van der Waals surface area contributed by atoms with Gasteiger partial charge in [-0.1, -0.05) is 5.21 Å². The van der Waals surface area contributed by atoms with Gasteiger partial charge in [0.1, 0.15) is 0 Å². The Balaban J connectivity index is 2.77. The molecule has 0 saturated heterocycles. The molecule has 0 aliphatic rings. The molecule has 0 aromatic carbocycles. The van der Waals surface area contributed by atoms with E-state index in [1.165, 1.54) is 0 Å². The lowest BCUT2D eigenvalue weighted by Gasteiger charge is -2.17. The van der Waals surface area contributed by atoms with Gasteiger partial charge in [0.15, 0.2) is 0 Å². The molecule has 5 heteroatoms. The van der Waals surface area contributed by atoms with E-state index in [0.717, 1.165) is 5.69 Å². The summed E-state index contributed by atoms with van der Waals surface area (Å²) in [7, 11) is 0. The van der Waals surface area contributed by atoms with Gasteiger partial charge >= 0.3 is 0 Å². The van der Waals surface area contributed by atoms with Crippen LogP contribution in [-0.2, 0) is 12.1 Å². The highest BCUT2D eigenvalue weighted by Gasteiger charge is 2.14. The van der Waals surface area contributed by atoms with Gasteiger partial charge < -0.3 is 5.21 Å². The highest BCUT2D eigenvalue weighted by molar-refractivity contribution is 4.93. The van der Waals surface area contributed by atoms with Crippen molar-refractivity contribution in [3.8, 4) is 0 Å². The molecule has 5 nitrogen and oxygen atoms in total. The first-order valence-corrected chi connectivity index (χ1v) is 3.82. The Morgan fingerprint density at radius 2 is 2.25 bits per heavy atom. The molecule has 1 aromatic rings. The molecule has 0 amide bonds. The van der Waals surface area contributed by atoms with E-state index in [4.69, 9.17) is 5.21 Å². The Morgan fingerprint density at radius 3 is 2.67 bits per heavy atom. The van der Waals surface area contributed by atoms with E-state index < -0.39 is 0 Å². The third kappa shape index (κ3) is 2.02. The van der Waals surface area contributed by atoms with E-state index >= 15 is 0 Å². The summed E-state index contributed by atoms with van der Waals surface area (Å²) in [6, 6.07) is 0. The fourth-order valence-electron chi connectivity index (χ4n) is 0.788. The standard InChI is InChI=1S/C7H14N4O/c1-7(2,3)11-5-6(4-8-12)9-10-11/h5,8,12H,4H2,1-3H3. The van der Waals surface area contributed by atoms with Crippen LogP contribution in [0.2, 0.25) is 0 Å². The SMILES string of the molecule is CC(C)(C)n1cc(CNO)nn1. The van der Waals surface area contributed by atoms with Gasteiger partial charge in [0.25, 0.3) is 0 Å². The molecular formula is C7H14N4O. The maximum Gasteiger partial charge on any atom is 0.0988 e. The lowest BCUT2D eigenvalue weighted by atomic mass is 10.1. The van der Waals surface area contributed by atoms with Crippen LogP contribution in [0.4, 0.5) is 0 Å². The number of hydrogen-bond acceptors (Lipinski definition) is 4. The molecule has 0 unspecified atom stereocenters. The van der Waals surface area contributed by atoms with Crippen LogP contribution in [0.3, 0.4) is 0 Å². The van der Waals surface area contributed by atoms with Gasteiger partial charge in [-0.05, 0) is 20.8 Å². The van der Waals surface area contributed by atoms with E-state index in [2.05, 4.69) is 10.3 Å². The van der Waals surface area contributed by atoms with Crippen LogP contribution >= 0.6 is 0 Å². The Kier molecular flexibility index (Phi) is 2.44. The molecule has 1 rings (SSSR count). The molecule has 0 spiro atoms. The van der Waals surface area contributed by atoms with Crippen LogP contribution in [0.25, 0.3) is 0 Å². The first-order valence-electron chi connectivity index (χ1n) is 3.82. The molecule has 0 fully saturated rings. The number of hydroxylamine groups is 1. The molecule has 0 aliphatic heterocycles. The third-order valence-electron chi connectivity index (χ3n) is 1.49. The maximum absolute atomic E-state index is 8.40. The minimum absolute atomic E-state index is 0.0549. The molecule has 0 aliphatic carbocycles. The summed E-state index contributed by atoms with van der Waals surface area (Å²) in [5.41, 5.74) is 2.71. The summed E-state index contributed by atoms with van der Waals surface area (Å²) >= 11 is 0. The molecule has 1 aromatic heterocycles. The number of hydrogen-bond donors (Lipinski definition) is 2. The summed E-state index contributed by atoms with van der Waals surface area (Å²) in [6.07, 6.45) is 1.81. The van der Waals surface area contributed by atoms with Gasteiger partial charge in [-0.15, -0.1) is 5.10 Å². The van der Waals surface area contributed by atoms with Crippen molar-refractivity contribution in [2.75, 3.05) is 0 Å². The first kappa shape index (κ1) is 9.15. The monoisotopic (exact) mass is 170 g/mol. The predicted octanol–water partition coefficient (Wildman–Crippen LogP) is 0.512. The number of nitrogens with one attached hydrogen (secondary N) is 1. The van der Waals surface area contributed by atoms with Crippen molar-refractivity contribution in [2.45, 2.75) is 32.9 Å². The Labute approximate surface area is 71.3 Å². The summed E-state index contributed by atoms with van der Waals surface area (Å²) < 4.78 is 1.76. The second-order valence-electron chi connectivity index (χ2n) is 3.66. The van der Waals surface area contributed by atoms with Gasteiger partial charge in [-0.2, -0.15) is 5.48 Å². The minimum atomic E-state index is -0.0549. The highest BCUT2D eigenvalue weighted by Crippen LogP contribution is 2.11. The zero-order chi connectivity index (χ0) is 9.19. The van der Waals surface area contributed by atoms with Gasteiger partial charge in [-0.3, -0.25) is 0 Å². The summed E-state index contributed by atoms with van der Waals surface area (Å²) in [5, 5.41) is 16.2. The second kappa shape index (κ2) is 3.20. The minimum Gasteiger partial charge on any atom is -0.316 e. The number of rotatable bonds is 2. The molecule has 0 radical (unpaired) electrons. The summed E-state index contributed by atoms with van der Waals surface area (Å²) in [6.45, 7) is 6.45. The van der Waals surface area contributed by atoms with E-state index in [0.29, 0.717) is 6.54 Å². The Morgan fingerprint density at radius 1 is 1.58 bits per heavy atom. The molecule has 0 saturated carbocycles. The fraction of sp³-hybridized carbons (Fsp3) is 0.714. The molecule has 68 valence electrons. The average Bonchev–Trinajstić information content (AvgIpc) is 2.35. The van der Waals surface area contributed by atoms with Crippen LogP contribution in [0.1, 0.15) is 26.5 Å². The smallest absolute Gasteiger partial charge is 0.0988 e. The van der Waals surface area contributed by atoms with Crippen molar-refractivity contribution < 1.29 is 5.21 Å². The summed E-state index contributed by atoms with van der Waals surface area (Å²) in [4.78, 5) is 0. The van der Waals surface area contributed by atoms with E-state index in [9.17, 15) is 0 Å². The second-order valence-corrected chi connectivity index (χ2v) is 3.66. The molecular weight excluding hydrogens is 156 g/mol. The number of nitrogens with zero attached hydrogens (tertiary/aromatic N) is 3. The van der Waals surface area contributed by atoms with Crippen LogP contribution in [0.15, 0.2) is 6.20 Å². The van der Waals surface area contributed by atoms with E-state index in [1.54, 1.807) is 4.68 Å². The first-order chi connectivity index (χ1) is 5.54. The third-order valence-corrected chi connectivity index (χ3v) is 1.49. The quantitative estimate of drug-likeness (QED) is 0.635. The van der Waals surface area contributed by atoms with Crippen LogP contribution in [0.5, 0.6) is 0 Å². The Hall–Kier alpha value is -0.940. The van der Waals surface area contributed by atoms with Crippen LogP contribution < -0.4 is 5.48 Å². The molecule has 0 atom stereocenters. The highest BCUT2D eigenvalue weighted by atomic mass is 16.5. The van der Waals surface area contributed by atoms with E-state index in [1.807, 2.05) is 32.4 Å². The van der Waals surface area contributed by atoms with Crippen molar-refractivity contribution in [2.24, 2.45) is 0 Å². The molecule has 1 heterocycles. The lowest BCUT2D eigenvalue weighted by Crippen LogP contribution is -2.22. The average molecular weight is 170 g/mol. The van der Waals surface area contributed by atoms with Gasteiger partial charge in [0, 0.05) is 0 Å². The van der Waals surface area contributed by atoms with Gasteiger partial charge in [0.2, 0.25) is 0 Å².